The number of aryl methyl sites for hydroxylation is 1. The van der Waals surface area contributed by atoms with E-state index in [0.717, 1.165) is 31.2 Å². The zero-order valence-electron chi connectivity index (χ0n) is 14.0. The molecule has 0 aliphatic heterocycles. The van der Waals surface area contributed by atoms with Crippen molar-refractivity contribution in [3.05, 3.63) is 50.9 Å². The first-order valence-electron chi connectivity index (χ1n) is 8.24. The summed E-state index contributed by atoms with van der Waals surface area (Å²) < 4.78 is -1.82. The average molecular weight is 463 g/mol. The number of carbonyl (C=O) groups is 1. The molecule has 9 heteroatoms. The molecular formula is C18H15Cl4N3OS. The molecule has 1 amide bonds. The molecule has 142 valence electrons. The van der Waals surface area contributed by atoms with Crippen LogP contribution in [0.3, 0.4) is 0 Å². The maximum absolute atomic E-state index is 12.5. The second kappa shape index (κ2) is 8.46. The van der Waals surface area contributed by atoms with Crippen molar-refractivity contribution < 1.29 is 4.79 Å². The summed E-state index contributed by atoms with van der Waals surface area (Å²) >= 11 is 25.6. The van der Waals surface area contributed by atoms with E-state index in [1.807, 2.05) is 0 Å². The van der Waals surface area contributed by atoms with Crippen molar-refractivity contribution in [3.8, 4) is 6.07 Å². The van der Waals surface area contributed by atoms with Crippen LogP contribution in [-0.4, -0.2) is 15.9 Å². The normalized spacial score (nSPS) is 14.8. The first kappa shape index (κ1) is 20.6. The third-order valence-corrected chi connectivity index (χ3v) is 6.40. The van der Waals surface area contributed by atoms with Gasteiger partial charge >= 0.3 is 0 Å². The Bertz CT molecular complexity index is 884. The Morgan fingerprint density at radius 3 is 2.48 bits per heavy atom. The SMILES string of the molecule is N#Cc1c(N[C@@H](NC(=O)c2ccc(Cl)cc2)C(Cl)(Cl)Cl)sc2c1CCCC2. The van der Waals surface area contributed by atoms with Crippen molar-refractivity contribution in [1.82, 2.24) is 5.32 Å². The quantitative estimate of drug-likeness (QED) is 0.453. The van der Waals surface area contributed by atoms with Gasteiger partial charge in [-0.25, -0.2) is 0 Å². The summed E-state index contributed by atoms with van der Waals surface area (Å²) in [5.41, 5.74) is 2.00. The lowest BCUT2D eigenvalue weighted by molar-refractivity contribution is 0.0942. The highest BCUT2D eigenvalue weighted by Crippen LogP contribution is 2.40. The topological polar surface area (TPSA) is 64.9 Å². The predicted octanol–water partition coefficient (Wildman–Crippen LogP) is 5.69. The summed E-state index contributed by atoms with van der Waals surface area (Å²) in [6.07, 6.45) is 2.94. The standard InChI is InChI=1S/C18H15Cl4N3OS/c19-11-7-5-10(6-8-11)15(26)24-17(18(20,21)22)25-16-13(9-23)12-3-1-2-4-14(12)27-16/h5-8,17,25H,1-4H2,(H,24,26)/t17-/m1/s1. The van der Waals surface area contributed by atoms with Crippen LogP contribution in [-0.2, 0) is 12.8 Å². The van der Waals surface area contributed by atoms with Crippen LogP contribution in [0.25, 0.3) is 0 Å². The lowest BCUT2D eigenvalue weighted by atomic mass is 9.96. The Morgan fingerprint density at radius 2 is 1.85 bits per heavy atom. The number of fused-ring (bicyclic) bond motifs is 1. The zero-order valence-corrected chi connectivity index (χ0v) is 17.8. The van der Waals surface area contributed by atoms with Crippen molar-refractivity contribution in [2.75, 3.05) is 5.32 Å². The van der Waals surface area contributed by atoms with Gasteiger partial charge < -0.3 is 10.6 Å². The van der Waals surface area contributed by atoms with E-state index >= 15 is 0 Å². The smallest absolute Gasteiger partial charge is 0.252 e. The lowest BCUT2D eigenvalue weighted by Crippen LogP contribution is -2.49. The molecule has 1 heterocycles. The van der Waals surface area contributed by atoms with Crippen LogP contribution >= 0.6 is 57.7 Å². The molecule has 27 heavy (non-hydrogen) atoms. The van der Waals surface area contributed by atoms with Crippen molar-refractivity contribution in [2.24, 2.45) is 0 Å². The van der Waals surface area contributed by atoms with Gasteiger partial charge in [0.1, 0.15) is 17.2 Å². The van der Waals surface area contributed by atoms with Gasteiger partial charge in [-0.3, -0.25) is 4.79 Å². The minimum atomic E-state index is -1.82. The van der Waals surface area contributed by atoms with Crippen LogP contribution in [0.4, 0.5) is 5.00 Å². The Morgan fingerprint density at radius 1 is 1.19 bits per heavy atom. The van der Waals surface area contributed by atoms with Crippen LogP contribution in [0.2, 0.25) is 5.02 Å². The number of halogens is 4. The third-order valence-electron chi connectivity index (χ3n) is 4.27. The molecule has 3 rings (SSSR count). The fourth-order valence-electron chi connectivity index (χ4n) is 2.93. The van der Waals surface area contributed by atoms with Gasteiger partial charge in [0.05, 0.1) is 5.56 Å². The molecule has 1 aliphatic rings. The van der Waals surface area contributed by atoms with Gasteiger partial charge in [-0.1, -0.05) is 46.4 Å². The van der Waals surface area contributed by atoms with Crippen LogP contribution in [0.5, 0.6) is 0 Å². The maximum atomic E-state index is 12.5. The van der Waals surface area contributed by atoms with E-state index in [9.17, 15) is 10.1 Å². The van der Waals surface area contributed by atoms with Crippen LogP contribution in [0.15, 0.2) is 24.3 Å². The van der Waals surface area contributed by atoms with Crippen LogP contribution < -0.4 is 10.6 Å². The Hall–Kier alpha value is -1.16. The Balaban J connectivity index is 1.84. The third kappa shape index (κ3) is 4.82. The average Bonchev–Trinajstić information content (AvgIpc) is 2.98. The number of nitriles is 1. The number of alkyl halides is 3. The van der Waals surface area contributed by atoms with E-state index in [0.29, 0.717) is 21.2 Å². The summed E-state index contributed by atoms with van der Waals surface area (Å²) in [5, 5.41) is 16.4. The first-order valence-corrected chi connectivity index (χ1v) is 10.6. The summed E-state index contributed by atoms with van der Waals surface area (Å²) in [6, 6.07) is 8.62. The summed E-state index contributed by atoms with van der Waals surface area (Å²) in [5.74, 6) is -0.421. The highest BCUT2D eigenvalue weighted by atomic mass is 35.6. The number of nitrogens with zero attached hydrogens (tertiary/aromatic N) is 1. The largest absolute Gasteiger partial charge is 0.352 e. The van der Waals surface area contributed by atoms with Gasteiger partial charge in [-0.2, -0.15) is 5.26 Å². The molecule has 1 aromatic carbocycles. The second-order valence-electron chi connectivity index (χ2n) is 6.13. The summed E-state index contributed by atoms with van der Waals surface area (Å²) in [4.78, 5) is 13.7. The molecule has 0 radical (unpaired) electrons. The van der Waals surface area contributed by atoms with E-state index < -0.39 is 15.9 Å². The van der Waals surface area contributed by atoms with E-state index in [2.05, 4.69) is 16.7 Å². The van der Waals surface area contributed by atoms with Crippen molar-refractivity contribution in [1.29, 1.82) is 5.26 Å². The number of hydrogen-bond donors (Lipinski definition) is 2. The number of benzene rings is 1. The summed E-state index contributed by atoms with van der Waals surface area (Å²) in [7, 11) is 0. The zero-order chi connectivity index (χ0) is 19.6. The summed E-state index contributed by atoms with van der Waals surface area (Å²) in [6.45, 7) is 0. The molecule has 1 aliphatic carbocycles. The van der Waals surface area contributed by atoms with E-state index in [1.165, 1.54) is 16.2 Å². The molecule has 2 N–H and O–H groups in total. The van der Waals surface area contributed by atoms with Gasteiger partial charge in [-0.15, -0.1) is 11.3 Å². The van der Waals surface area contributed by atoms with Gasteiger partial charge in [0.2, 0.25) is 3.79 Å². The number of rotatable bonds is 4. The van der Waals surface area contributed by atoms with E-state index in [4.69, 9.17) is 46.4 Å². The second-order valence-corrected chi connectivity index (χ2v) is 10.0. The first-order chi connectivity index (χ1) is 12.8. The molecule has 0 unspecified atom stereocenters. The number of carbonyl (C=O) groups excluding carboxylic acids is 1. The molecule has 1 aromatic heterocycles. The van der Waals surface area contributed by atoms with Crippen molar-refractivity contribution in [3.63, 3.8) is 0 Å². The van der Waals surface area contributed by atoms with E-state index in [-0.39, 0.29) is 0 Å². The van der Waals surface area contributed by atoms with Crippen LogP contribution in [0.1, 0.15) is 39.2 Å². The highest BCUT2D eigenvalue weighted by molar-refractivity contribution is 7.16. The molecule has 4 nitrogen and oxygen atoms in total. The minimum Gasteiger partial charge on any atom is -0.352 e. The monoisotopic (exact) mass is 461 g/mol. The molecule has 0 bridgehead atoms. The molecule has 0 spiro atoms. The molecular weight excluding hydrogens is 448 g/mol. The van der Waals surface area contributed by atoms with Crippen molar-refractivity contribution in [2.45, 2.75) is 35.6 Å². The van der Waals surface area contributed by atoms with E-state index in [1.54, 1.807) is 24.3 Å². The number of anilines is 1. The number of amides is 1. The minimum absolute atomic E-state index is 0.381. The maximum Gasteiger partial charge on any atom is 0.252 e. The predicted molar refractivity (Wildman–Crippen MR) is 112 cm³/mol. The number of thiophene rings is 1. The Kier molecular flexibility index (Phi) is 6.45. The van der Waals surface area contributed by atoms with Gasteiger partial charge in [0, 0.05) is 15.5 Å². The molecule has 0 fully saturated rings. The van der Waals surface area contributed by atoms with Gasteiger partial charge in [-0.05, 0) is 55.5 Å². The molecule has 0 saturated heterocycles. The molecule has 1 atom stereocenters. The fourth-order valence-corrected chi connectivity index (χ4v) is 4.65. The number of nitrogens with one attached hydrogen (secondary N) is 2. The molecule has 2 aromatic rings. The van der Waals surface area contributed by atoms with Crippen LogP contribution in [0, 0.1) is 11.3 Å². The lowest BCUT2D eigenvalue weighted by Gasteiger charge is -2.27. The fraction of sp³-hybridized carbons (Fsp3) is 0.333. The van der Waals surface area contributed by atoms with Gasteiger partial charge in [0.25, 0.3) is 5.91 Å². The van der Waals surface area contributed by atoms with Crippen molar-refractivity contribution >= 4 is 68.6 Å². The highest BCUT2D eigenvalue weighted by Gasteiger charge is 2.36. The molecule has 0 saturated carbocycles. The Labute approximate surface area is 181 Å². The number of hydrogen-bond acceptors (Lipinski definition) is 4. The van der Waals surface area contributed by atoms with Gasteiger partial charge in [0.15, 0.2) is 0 Å².